The van der Waals surface area contributed by atoms with Crippen molar-refractivity contribution in [2.45, 2.75) is 39.2 Å². The van der Waals surface area contributed by atoms with E-state index < -0.39 is 0 Å². The van der Waals surface area contributed by atoms with Crippen LogP contribution in [0.3, 0.4) is 0 Å². The van der Waals surface area contributed by atoms with Crippen LogP contribution in [-0.2, 0) is 4.79 Å². The molecule has 1 aliphatic rings. The lowest BCUT2D eigenvalue weighted by Crippen LogP contribution is -2.25. The molecule has 2 heterocycles. The topological polar surface area (TPSA) is 38.1 Å². The first-order valence-electron chi connectivity index (χ1n) is 8.01. The third kappa shape index (κ3) is 2.54. The molecule has 1 amide bonds. The van der Waals surface area contributed by atoms with Crippen molar-refractivity contribution in [2.75, 3.05) is 13.1 Å². The fourth-order valence-corrected chi connectivity index (χ4v) is 3.29. The highest BCUT2D eigenvalue weighted by Gasteiger charge is 2.32. The van der Waals surface area contributed by atoms with Crippen LogP contribution in [-0.4, -0.2) is 33.4 Å². The molecule has 1 fully saturated rings. The van der Waals surface area contributed by atoms with E-state index in [4.69, 9.17) is 0 Å². The van der Waals surface area contributed by atoms with Crippen molar-refractivity contribution in [3.8, 4) is 11.3 Å². The summed E-state index contributed by atoms with van der Waals surface area (Å²) >= 11 is 0. The molecule has 0 N–H and O–H groups in total. The van der Waals surface area contributed by atoms with Crippen LogP contribution in [0.1, 0.15) is 44.8 Å². The standard InChI is InChI=1S/C18H23N3O/c1-4-20-11-15(10-16(20)22)21-12-19-17(18(21)13(2)3)14-8-6-5-7-9-14/h5-9,12-13,15H,4,10-11H2,1-3H3. The van der Waals surface area contributed by atoms with E-state index in [9.17, 15) is 4.79 Å². The van der Waals surface area contributed by atoms with E-state index in [1.807, 2.05) is 36.4 Å². The van der Waals surface area contributed by atoms with Crippen LogP contribution in [0.2, 0.25) is 0 Å². The molecule has 116 valence electrons. The van der Waals surface area contributed by atoms with E-state index in [1.54, 1.807) is 0 Å². The molecule has 1 saturated heterocycles. The molecule has 1 aromatic carbocycles. The molecular formula is C18H23N3O. The zero-order valence-electron chi connectivity index (χ0n) is 13.5. The number of aromatic nitrogens is 2. The maximum absolute atomic E-state index is 12.0. The molecule has 1 aliphatic heterocycles. The normalized spacial score (nSPS) is 18.5. The number of nitrogens with zero attached hydrogens (tertiary/aromatic N) is 3. The van der Waals surface area contributed by atoms with Crippen molar-refractivity contribution in [1.29, 1.82) is 0 Å². The lowest BCUT2D eigenvalue weighted by atomic mass is 10.0. The smallest absolute Gasteiger partial charge is 0.224 e. The van der Waals surface area contributed by atoms with E-state index in [1.165, 1.54) is 5.69 Å². The molecule has 0 saturated carbocycles. The largest absolute Gasteiger partial charge is 0.341 e. The number of imidazole rings is 1. The summed E-state index contributed by atoms with van der Waals surface area (Å²) in [7, 11) is 0. The highest BCUT2D eigenvalue weighted by Crippen LogP contribution is 2.33. The third-order valence-electron chi connectivity index (χ3n) is 4.40. The van der Waals surface area contributed by atoms with E-state index in [0.29, 0.717) is 12.3 Å². The predicted molar refractivity (Wildman–Crippen MR) is 87.7 cm³/mol. The van der Waals surface area contributed by atoms with Crippen molar-refractivity contribution >= 4 is 5.91 Å². The molecule has 0 radical (unpaired) electrons. The fraction of sp³-hybridized carbons (Fsp3) is 0.444. The average molecular weight is 297 g/mol. The fourth-order valence-electron chi connectivity index (χ4n) is 3.29. The number of benzene rings is 1. The first-order valence-corrected chi connectivity index (χ1v) is 8.01. The lowest BCUT2D eigenvalue weighted by Gasteiger charge is -2.19. The zero-order chi connectivity index (χ0) is 15.7. The molecule has 2 aromatic rings. The minimum absolute atomic E-state index is 0.204. The summed E-state index contributed by atoms with van der Waals surface area (Å²) in [6.07, 6.45) is 2.49. The Labute approximate surface area is 131 Å². The maximum Gasteiger partial charge on any atom is 0.224 e. The van der Waals surface area contributed by atoms with Gasteiger partial charge in [0.1, 0.15) is 0 Å². The Balaban J connectivity index is 2.00. The van der Waals surface area contributed by atoms with Crippen molar-refractivity contribution in [1.82, 2.24) is 14.5 Å². The van der Waals surface area contributed by atoms with Gasteiger partial charge in [-0.15, -0.1) is 0 Å². The van der Waals surface area contributed by atoms with Crippen LogP contribution >= 0.6 is 0 Å². The van der Waals surface area contributed by atoms with Crippen molar-refractivity contribution in [3.05, 3.63) is 42.4 Å². The number of amides is 1. The second kappa shape index (κ2) is 5.95. The van der Waals surface area contributed by atoms with Gasteiger partial charge in [0.2, 0.25) is 5.91 Å². The van der Waals surface area contributed by atoms with Gasteiger partial charge in [0.05, 0.1) is 18.1 Å². The Kier molecular flexibility index (Phi) is 4.01. The molecule has 1 atom stereocenters. The molecule has 1 aromatic heterocycles. The average Bonchev–Trinajstić information content (AvgIpc) is 3.11. The molecule has 1 unspecified atom stereocenters. The van der Waals surface area contributed by atoms with Crippen molar-refractivity contribution < 1.29 is 4.79 Å². The minimum Gasteiger partial charge on any atom is -0.341 e. The van der Waals surface area contributed by atoms with Gasteiger partial charge >= 0.3 is 0 Å². The molecular weight excluding hydrogens is 274 g/mol. The number of carbonyl (C=O) groups is 1. The first kappa shape index (κ1) is 14.8. The third-order valence-corrected chi connectivity index (χ3v) is 4.40. The summed E-state index contributed by atoms with van der Waals surface area (Å²) in [6, 6.07) is 10.5. The Morgan fingerprint density at radius 2 is 2.00 bits per heavy atom. The van der Waals surface area contributed by atoms with Gasteiger partial charge in [0, 0.05) is 30.8 Å². The SMILES string of the molecule is CCN1CC(n2cnc(-c3ccccc3)c2C(C)C)CC1=O. The number of rotatable bonds is 4. The Bertz CT molecular complexity index is 660. The van der Waals surface area contributed by atoms with E-state index in [2.05, 4.69) is 35.5 Å². The first-order chi connectivity index (χ1) is 10.6. The highest BCUT2D eigenvalue weighted by atomic mass is 16.2. The minimum atomic E-state index is 0.204. The number of likely N-dealkylation sites (tertiary alicyclic amines) is 1. The molecule has 0 aliphatic carbocycles. The summed E-state index contributed by atoms with van der Waals surface area (Å²) in [6.45, 7) is 7.99. The van der Waals surface area contributed by atoms with E-state index in [-0.39, 0.29) is 11.9 Å². The van der Waals surface area contributed by atoms with Gasteiger partial charge in [-0.25, -0.2) is 4.98 Å². The molecule has 0 spiro atoms. The summed E-state index contributed by atoms with van der Waals surface area (Å²) < 4.78 is 2.22. The molecule has 0 bridgehead atoms. The molecule has 3 rings (SSSR count). The Morgan fingerprint density at radius 1 is 1.27 bits per heavy atom. The molecule has 4 heteroatoms. The summed E-state index contributed by atoms with van der Waals surface area (Å²) in [5, 5.41) is 0. The summed E-state index contributed by atoms with van der Waals surface area (Å²) in [5.41, 5.74) is 3.40. The van der Waals surface area contributed by atoms with Gasteiger partial charge in [-0.1, -0.05) is 44.2 Å². The van der Waals surface area contributed by atoms with Gasteiger partial charge in [-0.05, 0) is 12.8 Å². The van der Waals surface area contributed by atoms with Gasteiger partial charge in [0.25, 0.3) is 0 Å². The monoisotopic (exact) mass is 297 g/mol. The maximum atomic E-state index is 12.0. The zero-order valence-corrected chi connectivity index (χ0v) is 13.5. The van der Waals surface area contributed by atoms with Gasteiger partial charge in [-0.2, -0.15) is 0 Å². The van der Waals surface area contributed by atoms with Crippen LogP contribution in [0.4, 0.5) is 0 Å². The van der Waals surface area contributed by atoms with Crippen molar-refractivity contribution in [2.24, 2.45) is 0 Å². The van der Waals surface area contributed by atoms with Crippen LogP contribution in [0.5, 0.6) is 0 Å². The Hall–Kier alpha value is -2.10. The number of likely N-dealkylation sites (N-methyl/N-ethyl adjacent to an activating group) is 1. The van der Waals surface area contributed by atoms with E-state index >= 15 is 0 Å². The van der Waals surface area contributed by atoms with Crippen molar-refractivity contribution in [3.63, 3.8) is 0 Å². The molecule has 4 nitrogen and oxygen atoms in total. The van der Waals surface area contributed by atoms with Crippen LogP contribution < -0.4 is 0 Å². The second-order valence-corrected chi connectivity index (χ2v) is 6.20. The van der Waals surface area contributed by atoms with Crippen LogP contribution in [0.15, 0.2) is 36.7 Å². The number of hydrogen-bond acceptors (Lipinski definition) is 2. The van der Waals surface area contributed by atoms with E-state index in [0.717, 1.165) is 24.3 Å². The predicted octanol–water partition coefficient (Wildman–Crippen LogP) is 3.47. The Morgan fingerprint density at radius 3 is 2.59 bits per heavy atom. The summed E-state index contributed by atoms with van der Waals surface area (Å²) in [5.74, 6) is 0.612. The van der Waals surface area contributed by atoms with Crippen LogP contribution in [0, 0.1) is 0 Å². The number of hydrogen-bond donors (Lipinski definition) is 0. The quantitative estimate of drug-likeness (QED) is 0.866. The lowest BCUT2D eigenvalue weighted by molar-refractivity contribution is -0.127. The van der Waals surface area contributed by atoms with Gasteiger partial charge in [-0.3, -0.25) is 4.79 Å². The second-order valence-electron chi connectivity index (χ2n) is 6.20. The van der Waals surface area contributed by atoms with Gasteiger partial charge in [0.15, 0.2) is 0 Å². The molecule has 22 heavy (non-hydrogen) atoms. The van der Waals surface area contributed by atoms with Crippen LogP contribution in [0.25, 0.3) is 11.3 Å². The highest BCUT2D eigenvalue weighted by molar-refractivity contribution is 5.79. The summed E-state index contributed by atoms with van der Waals surface area (Å²) in [4.78, 5) is 18.6. The number of carbonyl (C=O) groups excluding carboxylic acids is 1. The van der Waals surface area contributed by atoms with Gasteiger partial charge < -0.3 is 9.47 Å².